The van der Waals surface area contributed by atoms with Gasteiger partial charge in [-0.25, -0.2) is 8.78 Å². The van der Waals surface area contributed by atoms with E-state index in [2.05, 4.69) is 0 Å². The summed E-state index contributed by atoms with van der Waals surface area (Å²) in [6, 6.07) is 3.32. The Balaban J connectivity index is 2.45. The molecule has 0 heterocycles. The first kappa shape index (κ1) is 10.6. The third-order valence-corrected chi connectivity index (χ3v) is 3.63. The zero-order valence-corrected chi connectivity index (χ0v) is 8.85. The summed E-state index contributed by atoms with van der Waals surface area (Å²) < 4.78 is 26.2. The monoisotopic (exact) mass is 212 g/mol. The van der Waals surface area contributed by atoms with Crippen molar-refractivity contribution in [2.75, 3.05) is 0 Å². The SMILES string of the molecule is CC1(C(C)(O)c2ccc(F)cc2F)CC1. The lowest BCUT2D eigenvalue weighted by atomic mass is 9.81. The highest BCUT2D eigenvalue weighted by Crippen LogP contribution is 2.58. The summed E-state index contributed by atoms with van der Waals surface area (Å²) in [6.45, 7) is 3.51. The minimum absolute atomic E-state index is 0.184. The molecule has 1 aromatic rings. The van der Waals surface area contributed by atoms with Crippen molar-refractivity contribution in [1.82, 2.24) is 0 Å². The zero-order valence-electron chi connectivity index (χ0n) is 8.85. The molecule has 1 aromatic carbocycles. The number of benzene rings is 1. The number of hydrogen-bond acceptors (Lipinski definition) is 1. The first-order chi connectivity index (χ1) is 6.87. The van der Waals surface area contributed by atoms with Crippen LogP contribution in [0, 0.1) is 17.0 Å². The number of rotatable bonds is 2. The van der Waals surface area contributed by atoms with E-state index in [1.807, 2.05) is 6.92 Å². The van der Waals surface area contributed by atoms with E-state index in [0.29, 0.717) is 0 Å². The van der Waals surface area contributed by atoms with Crippen LogP contribution < -0.4 is 0 Å². The molecule has 1 atom stereocenters. The van der Waals surface area contributed by atoms with Crippen LogP contribution in [0.1, 0.15) is 32.3 Å². The third kappa shape index (κ3) is 1.55. The maximum Gasteiger partial charge on any atom is 0.132 e. The summed E-state index contributed by atoms with van der Waals surface area (Å²) in [4.78, 5) is 0. The van der Waals surface area contributed by atoms with Crippen LogP contribution in [0.15, 0.2) is 18.2 Å². The van der Waals surface area contributed by atoms with Crippen molar-refractivity contribution in [3.05, 3.63) is 35.4 Å². The van der Waals surface area contributed by atoms with Gasteiger partial charge in [-0.3, -0.25) is 0 Å². The fraction of sp³-hybridized carbons (Fsp3) is 0.500. The third-order valence-electron chi connectivity index (χ3n) is 3.63. The molecular formula is C12H14F2O. The molecule has 0 bridgehead atoms. The molecule has 1 aliphatic carbocycles. The second-order valence-electron chi connectivity index (χ2n) is 4.76. The lowest BCUT2D eigenvalue weighted by molar-refractivity contribution is -0.0158. The van der Waals surface area contributed by atoms with Gasteiger partial charge in [0, 0.05) is 17.0 Å². The Labute approximate surface area is 87.7 Å². The quantitative estimate of drug-likeness (QED) is 0.799. The summed E-state index contributed by atoms with van der Waals surface area (Å²) in [6.07, 6.45) is 1.74. The van der Waals surface area contributed by atoms with Gasteiger partial charge in [-0.05, 0) is 25.8 Å². The van der Waals surface area contributed by atoms with Crippen LogP contribution in [0.3, 0.4) is 0 Å². The van der Waals surface area contributed by atoms with Crippen LogP contribution in [-0.2, 0) is 5.60 Å². The lowest BCUT2D eigenvalue weighted by Crippen LogP contribution is -2.32. The molecule has 0 aliphatic heterocycles. The van der Waals surface area contributed by atoms with Crippen LogP contribution >= 0.6 is 0 Å². The van der Waals surface area contributed by atoms with E-state index in [9.17, 15) is 13.9 Å². The zero-order chi connectivity index (χ0) is 11.3. The molecule has 0 spiro atoms. The molecule has 1 N–H and O–H groups in total. The van der Waals surface area contributed by atoms with E-state index in [0.717, 1.165) is 18.9 Å². The molecule has 1 unspecified atom stereocenters. The number of hydrogen-bond donors (Lipinski definition) is 1. The summed E-state index contributed by atoms with van der Waals surface area (Å²) in [5.41, 5.74) is -1.31. The van der Waals surface area contributed by atoms with Gasteiger partial charge in [-0.2, -0.15) is 0 Å². The Morgan fingerprint density at radius 1 is 1.33 bits per heavy atom. The Morgan fingerprint density at radius 2 is 1.93 bits per heavy atom. The minimum Gasteiger partial charge on any atom is -0.385 e. The minimum atomic E-state index is -1.22. The molecule has 1 saturated carbocycles. The molecule has 1 nitrogen and oxygen atoms in total. The van der Waals surface area contributed by atoms with Crippen molar-refractivity contribution in [1.29, 1.82) is 0 Å². The van der Waals surface area contributed by atoms with E-state index in [-0.39, 0.29) is 11.0 Å². The Kier molecular flexibility index (Phi) is 2.12. The molecule has 2 rings (SSSR count). The van der Waals surface area contributed by atoms with Crippen LogP contribution in [0.2, 0.25) is 0 Å². The van der Waals surface area contributed by atoms with Gasteiger partial charge in [0.15, 0.2) is 0 Å². The average Bonchev–Trinajstić information content (AvgIpc) is 2.84. The first-order valence-electron chi connectivity index (χ1n) is 5.05. The van der Waals surface area contributed by atoms with Crippen LogP contribution in [0.25, 0.3) is 0 Å². The fourth-order valence-corrected chi connectivity index (χ4v) is 1.88. The van der Waals surface area contributed by atoms with Crippen molar-refractivity contribution in [3.63, 3.8) is 0 Å². The van der Waals surface area contributed by atoms with Crippen molar-refractivity contribution in [3.8, 4) is 0 Å². The normalized spacial score (nSPS) is 22.2. The van der Waals surface area contributed by atoms with Crippen molar-refractivity contribution in [2.24, 2.45) is 5.41 Å². The second-order valence-corrected chi connectivity index (χ2v) is 4.76. The lowest BCUT2D eigenvalue weighted by Gasteiger charge is -2.31. The van der Waals surface area contributed by atoms with Gasteiger partial charge in [-0.15, -0.1) is 0 Å². The largest absolute Gasteiger partial charge is 0.385 e. The smallest absolute Gasteiger partial charge is 0.132 e. The Hall–Kier alpha value is -0.960. The molecule has 3 heteroatoms. The van der Waals surface area contributed by atoms with Crippen molar-refractivity contribution < 1.29 is 13.9 Å². The number of aliphatic hydroxyl groups is 1. The molecule has 0 amide bonds. The standard InChI is InChI=1S/C12H14F2O/c1-11(5-6-11)12(2,15)9-4-3-8(13)7-10(9)14/h3-4,7,15H,5-6H2,1-2H3. The van der Waals surface area contributed by atoms with E-state index in [4.69, 9.17) is 0 Å². The summed E-state index contributed by atoms with van der Waals surface area (Å²) in [5.74, 6) is -1.29. The van der Waals surface area contributed by atoms with Gasteiger partial charge in [0.25, 0.3) is 0 Å². The molecule has 1 fully saturated rings. The maximum atomic E-state index is 13.5. The fourth-order valence-electron chi connectivity index (χ4n) is 1.88. The van der Waals surface area contributed by atoms with Crippen LogP contribution in [0.5, 0.6) is 0 Å². The van der Waals surface area contributed by atoms with E-state index >= 15 is 0 Å². The highest BCUT2D eigenvalue weighted by molar-refractivity contribution is 5.28. The molecule has 0 saturated heterocycles. The summed E-state index contributed by atoms with van der Waals surface area (Å²) in [7, 11) is 0. The molecular weight excluding hydrogens is 198 g/mol. The van der Waals surface area contributed by atoms with E-state index in [1.54, 1.807) is 6.92 Å². The molecule has 1 aliphatic rings. The topological polar surface area (TPSA) is 20.2 Å². The van der Waals surface area contributed by atoms with Crippen LogP contribution in [-0.4, -0.2) is 5.11 Å². The first-order valence-corrected chi connectivity index (χ1v) is 5.05. The highest BCUT2D eigenvalue weighted by atomic mass is 19.1. The molecule has 0 aromatic heterocycles. The summed E-state index contributed by atoms with van der Waals surface area (Å²) in [5, 5.41) is 10.3. The van der Waals surface area contributed by atoms with Crippen molar-refractivity contribution >= 4 is 0 Å². The number of halogens is 2. The second kappa shape index (κ2) is 3.01. The van der Waals surface area contributed by atoms with E-state index < -0.39 is 17.2 Å². The highest BCUT2D eigenvalue weighted by Gasteiger charge is 2.53. The Bertz CT molecular complexity index is 395. The van der Waals surface area contributed by atoms with Crippen LogP contribution in [0.4, 0.5) is 8.78 Å². The predicted molar refractivity (Wildman–Crippen MR) is 53.3 cm³/mol. The van der Waals surface area contributed by atoms with Gasteiger partial charge < -0.3 is 5.11 Å². The van der Waals surface area contributed by atoms with Crippen molar-refractivity contribution in [2.45, 2.75) is 32.3 Å². The molecule has 82 valence electrons. The van der Waals surface area contributed by atoms with Gasteiger partial charge >= 0.3 is 0 Å². The maximum absolute atomic E-state index is 13.5. The molecule has 15 heavy (non-hydrogen) atoms. The van der Waals surface area contributed by atoms with E-state index in [1.165, 1.54) is 12.1 Å². The summed E-state index contributed by atoms with van der Waals surface area (Å²) >= 11 is 0. The average molecular weight is 212 g/mol. The van der Waals surface area contributed by atoms with Gasteiger partial charge in [-0.1, -0.05) is 13.0 Å². The molecule has 0 radical (unpaired) electrons. The van der Waals surface area contributed by atoms with Gasteiger partial charge in [0.2, 0.25) is 0 Å². The van der Waals surface area contributed by atoms with Gasteiger partial charge in [0.05, 0.1) is 5.60 Å². The predicted octanol–water partition coefficient (Wildman–Crippen LogP) is 2.97. The Morgan fingerprint density at radius 3 is 2.40 bits per heavy atom. The van der Waals surface area contributed by atoms with Gasteiger partial charge in [0.1, 0.15) is 11.6 Å².